The van der Waals surface area contributed by atoms with Crippen LogP contribution in [0.2, 0.25) is 10.0 Å². The molecule has 0 aliphatic heterocycles. The third kappa shape index (κ3) is 1.62. The molecule has 0 bridgehead atoms. The van der Waals surface area contributed by atoms with E-state index in [1.807, 2.05) is 0 Å². The van der Waals surface area contributed by atoms with E-state index >= 15 is 0 Å². The van der Waals surface area contributed by atoms with Crippen LogP contribution in [0.3, 0.4) is 0 Å². The summed E-state index contributed by atoms with van der Waals surface area (Å²) in [5.41, 5.74) is 12.1. The fourth-order valence-corrected chi connectivity index (χ4v) is 1.75. The van der Waals surface area contributed by atoms with Gasteiger partial charge in [-0.3, -0.25) is 0 Å². The first kappa shape index (κ1) is 10.8. The number of halogens is 2. The van der Waals surface area contributed by atoms with Gasteiger partial charge in [-0.2, -0.15) is 0 Å². The van der Waals surface area contributed by atoms with Crippen LogP contribution < -0.4 is 17.3 Å². The monoisotopic (exact) mass is 258 g/mol. The van der Waals surface area contributed by atoms with Crippen LogP contribution in [-0.2, 0) is 0 Å². The van der Waals surface area contributed by atoms with Crippen LogP contribution in [0.25, 0.3) is 11.4 Å². The third-order valence-electron chi connectivity index (χ3n) is 2.06. The quantitative estimate of drug-likeness (QED) is 0.525. The number of aromatic nitrogens is 3. The van der Waals surface area contributed by atoms with Gasteiger partial charge in [0, 0.05) is 10.6 Å². The highest BCUT2D eigenvalue weighted by Gasteiger charge is 2.15. The molecular formula is C8H8Cl2N6. The van der Waals surface area contributed by atoms with Gasteiger partial charge in [-0.05, 0) is 12.1 Å². The van der Waals surface area contributed by atoms with Crippen molar-refractivity contribution in [2.75, 3.05) is 17.3 Å². The molecule has 16 heavy (non-hydrogen) atoms. The molecule has 0 saturated carbocycles. The Morgan fingerprint density at radius 3 is 2.38 bits per heavy atom. The van der Waals surface area contributed by atoms with Crippen molar-refractivity contribution in [2.45, 2.75) is 0 Å². The lowest BCUT2D eigenvalue weighted by molar-refractivity contribution is 1.02. The Labute approximate surface area is 101 Å². The fraction of sp³-hybridized carbons (Fsp3) is 0. The molecule has 2 aromatic rings. The highest BCUT2D eigenvalue weighted by atomic mass is 35.5. The predicted octanol–water partition coefficient (Wildman–Crippen LogP) is 1.13. The zero-order chi connectivity index (χ0) is 11.9. The maximum absolute atomic E-state index is 5.89. The third-order valence-corrected chi connectivity index (χ3v) is 2.59. The number of rotatable bonds is 1. The van der Waals surface area contributed by atoms with Crippen molar-refractivity contribution in [1.82, 2.24) is 14.9 Å². The summed E-state index contributed by atoms with van der Waals surface area (Å²) in [7, 11) is 0. The van der Waals surface area contributed by atoms with Crippen LogP contribution in [0.15, 0.2) is 12.1 Å². The molecule has 6 nitrogen and oxygen atoms in total. The van der Waals surface area contributed by atoms with Gasteiger partial charge < -0.3 is 17.3 Å². The SMILES string of the molecule is Nc1c(Cl)cc(Cl)cc1-c1nnc(N)n1N. The molecule has 6 N–H and O–H groups in total. The van der Waals surface area contributed by atoms with Gasteiger partial charge in [-0.1, -0.05) is 23.2 Å². The number of nitrogens with two attached hydrogens (primary N) is 3. The van der Waals surface area contributed by atoms with Crippen molar-refractivity contribution < 1.29 is 0 Å². The number of hydrogen-bond donors (Lipinski definition) is 3. The van der Waals surface area contributed by atoms with Crippen molar-refractivity contribution in [1.29, 1.82) is 0 Å². The molecular weight excluding hydrogens is 251 g/mol. The molecule has 0 unspecified atom stereocenters. The summed E-state index contributed by atoms with van der Waals surface area (Å²) in [4.78, 5) is 0. The number of nitrogens with zero attached hydrogens (tertiary/aromatic N) is 3. The summed E-state index contributed by atoms with van der Waals surface area (Å²) in [6, 6.07) is 3.12. The van der Waals surface area contributed by atoms with Gasteiger partial charge in [0.25, 0.3) is 0 Å². The second kappa shape index (κ2) is 3.73. The van der Waals surface area contributed by atoms with E-state index in [0.717, 1.165) is 4.68 Å². The summed E-state index contributed by atoms with van der Waals surface area (Å²) in [6.45, 7) is 0. The Bertz CT molecular complexity index is 550. The van der Waals surface area contributed by atoms with E-state index in [0.29, 0.717) is 27.1 Å². The lowest BCUT2D eigenvalue weighted by atomic mass is 10.1. The highest BCUT2D eigenvalue weighted by Crippen LogP contribution is 2.33. The second-order valence-electron chi connectivity index (χ2n) is 3.10. The molecule has 0 amide bonds. The molecule has 1 heterocycles. The molecule has 0 aliphatic carbocycles. The van der Waals surface area contributed by atoms with Crippen molar-refractivity contribution in [3.63, 3.8) is 0 Å². The van der Waals surface area contributed by atoms with E-state index in [1.165, 1.54) is 6.07 Å². The van der Waals surface area contributed by atoms with Gasteiger partial charge in [0.15, 0.2) is 5.82 Å². The molecule has 0 saturated heterocycles. The largest absolute Gasteiger partial charge is 0.397 e. The van der Waals surface area contributed by atoms with Crippen LogP contribution >= 0.6 is 23.2 Å². The highest BCUT2D eigenvalue weighted by molar-refractivity contribution is 6.37. The summed E-state index contributed by atoms with van der Waals surface area (Å²) in [5.74, 6) is 6.01. The van der Waals surface area contributed by atoms with Gasteiger partial charge in [-0.15, -0.1) is 10.2 Å². The minimum absolute atomic E-state index is 0.0745. The van der Waals surface area contributed by atoms with Crippen molar-refractivity contribution in [2.24, 2.45) is 0 Å². The average molecular weight is 259 g/mol. The summed E-state index contributed by atoms with van der Waals surface area (Å²) < 4.78 is 1.11. The van der Waals surface area contributed by atoms with E-state index in [1.54, 1.807) is 6.07 Å². The van der Waals surface area contributed by atoms with Crippen molar-refractivity contribution in [3.05, 3.63) is 22.2 Å². The van der Waals surface area contributed by atoms with Gasteiger partial charge in [0.2, 0.25) is 5.95 Å². The molecule has 0 spiro atoms. The first-order valence-electron chi connectivity index (χ1n) is 4.21. The van der Waals surface area contributed by atoms with E-state index in [-0.39, 0.29) is 5.95 Å². The Morgan fingerprint density at radius 1 is 1.12 bits per heavy atom. The van der Waals surface area contributed by atoms with Crippen molar-refractivity contribution in [3.8, 4) is 11.4 Å². The zero-order valence-corrected chi connectivity index (χ0v) is 9.50. The Kier molecular flexibility index (Phi) is 2.53. The minimum Gasteiger partial charge on any atom is -0.397 e. The smallest absolute Gasteiger partial charge is 0.241 e. The predicted molar refractivity (Wildman–Crippen MR) is 64.5 cm³/mol. The lowest BCUT2D eigenvalue weighted by Crippen LogP contribution is -2.13. The molecule has 1 aromatic carbocycles. The van der Waals surface area contributed by atoms with Gasteiger partial charge in [-0.25, -0.2) is 4.68 Å². The first-order chi connectivity index (χ1) is 7.50. The van der Waals surface area contributed by atoms with Crippen LogP contribution in [0.5, 0.6) is 0 Å². The fourth-order valence-electron chi connectivity index (χ4n) is 1.26. The van der Waals surface area contributed by atoms with E-state index in [9.17, 15) is 0 Å². The van der Waals surface area contributed by atoms with Crippen LogP contribution in [-0.4, -0.2) is 14.9 Å². The Morgan fingerprint density at radius 2 is 1.81 bits per heavy atom. The molecule has 8 heteroatoms. The molecule has 1 aromatic heterocycles. The minimum atomic E-state index is 0.0745. The van der Waals surface area contributed by atoms with Gasteiger partial charge in [0.1, 0.15) is 0 Å². The maximum atomic E-state index is 5.89. The second-order valence-corrected chi connectivity index (χ2v) is 3.94. The normalized spacial score (nSPS) is 10.6. The standard InChI is InChI=1S/C8H8Cl2N6/c9-3-1-4(6(11)5(10)2-3)7-14-15-8(12)16(7)13/h1-2H,11,13H2,(H2,12,15). The lowest BCUT2D eigenvalue weighted by Gasteiger charge is -2.07. The first-order valence-corrected chi connectivity index (χ1v) is 4.97. The summed E-state index contributed by atoms with van der Waals surface area (Å²) in [6.07, 6.45) is 0. The molecule has 2 rings (SSSR count). The summed E-state index contributed by atoms with van der Waals surface area (Å²) in [5, 5.41) is 8.16. The van der Waals surface area contributed by atoms with E-state index in [2.05, 4.69) is 10.2 Å². The Hall–Kier alpha value is -1.66. The zero-order valence-electron chi connectivity index (χ0n) is 7.98. The van der Waals surface area contributed by atoms with Gasteiger partial charge in [0.05, 0.1) is 10.7 Å². The van der Waals surface area contributed by atoms with Crippen LogP contribution in [0.4, 0.5) is 11.6 Å². The number of nitrogen functional groups attached to an aromatic ring is 3. The maximum Gasteiger partial charge on any atom is 0.241 e. The van der Waals surface area contributed by atoms with Crippen molar-refractivity contribution >= 4 is 34.8 Å². The molecule has 0 radical (unpaired) electrons. The summed E-state index contributed by atoms with van der Waals surface area (Å²) >= 11 is 11.8. The molecule has 0 aliphatic rings. The average Bonchev–Trinajstić information content (AvgIpc) is 2.54. The number of hydrogen-bond acceptors (Lipinski definition) is 5. The molecule has 84 valence electrons. The van der Waals surface area contributed by atoms with E-state index < -0.39 is 0 Å². The van der Waals surface area contributed by atoms with Crippen LogP contribution in [0.1, 0.15) is 0 Å². The van der Waals surface area contributed by atoms with E-state index in [4.69, 9.17) is 40.5 Å². The number of benzene rings is 1. The molecule has 0 fully saturated rings. The number of anilines is 2. The molecule has 0 atom stereocenters. The van der Waals surface area contributed by atoms with Gasteiger partial charge >= 0.3 is 0 Å². The Balaban J connectivity index is 2.69. The topological polar surface area (TPSA) is 109 Å². The van der Waals surface area contributed by atoms with Crippen LogP contribution in [0, 0.1) is 0 Å².